The molecule has 0 unspecified atom stereocenters. The van der Waals surface area contributed by atoms with Crippen LogP contribution in [0, 0.1) is 0 Å². The Morgan fingerprint density at radius 3 is 2.74 bits per heavy atom. The van der Waals surface area contributed by atoms with Gasteiger partial charge in [0.2, 0.25) is 5.95 Å². The lowest BCUT2D eigenvalue weighted by Crippen LogP contribution is -2.05. The third-order valence-corrected chi connectivity index (χ3v) is 2.69. The van der Waals surface area contributed by atoms with Crippen molar-refractivity contribution in [3.63, 3.8) is 0 Å². The number of nitrogens with zero attached hydrogens (tertiary/aromatic N) is 4. The SMILES string of the molecule is c1ccc(CNc2ccnc(-n3ccnc3)n2)cc1. The number of benzene rings is 1. The molecular weight excluding hydrogens is 238 g/mol. The van der Waals surface area contributed by atoms with E-state index in [0.717, 1.165) is 12.4 Å². The molecule has 19 heavy (non-hydrogen) atoms. The molecule has 0 radical (unpaired) electrons. The Hall–Kier alpha value is -2.69. The Balaban J connectivity index is 1.74. The van der Waals surface area contributed by atoms with Crippen molar-refractivity contribution in [3.05, 3.63) is 66.9 Å². The molecule has 3 aromatic rings. The summed E-state index contributed by atoms with van der Waals surface area (Å²) in [5, 5.41) is 3.28. The summed E-state index contributed by atoms with van der Waals surface area (Å²) in [6.45, 7) is 0.737. The molecule has 0 aliphatic heterocycles. The number of hydrogen-bond donors (Lipinski definition) is 1. The standard InChI is InChI=1S/C14H13N5/c1-2-4-12(5-3-1)10-17-13-6-7-16-14(18-13)19-9-8-15-11-19/h1-9,11H,10H2,(H,16,17,18). The maximum absolute atomic E-state index is 4.43. The largest absolute Gasteiger partial charge is 0.366 e. The zero-order chi connectivity index (χ0) is 12.9. The molecule has 1 aromatic carbocycles. The minimum absolute atomic E-state index is 0.607. The summed E-state index contributed by atoms with van der Waals surface area (Å²) in [4.78, 5) is 12.6. The molecule has 0 aliphatic carbocycles. The van der Waals surface area contributed by atoms with Crippen molar-refractivity contribution in [1.29, 1.82) is 0 Å². The molecule has 0 atom stereocenters. The molecule has 0 spiro atoms. The number of imidazole rings is 1. The molecule has 0 bridgehead atoms. The van der Waals surface area contributed by atoms with E-state index in [9.17, 15) is 0 Å². The van der Waals surface area contributed by atoms with E-state index in [2.05, 4.69) is 32.4 Å². The van der Waals surface area contributed by atoms with Crippen LogP contribution in [0.1, 0.15) is 5.56 Å². The van der Waals surface area contributed by atoms with Gasteiger partial charge >= 0.3 is 0 Å². The van der Waals surface area contributed by atoms with Crippen molar-refractivity contribution in [2.24, 2.45) is 0 Å². The van der Waals surface area contributed by atoms with Crippen molar-refractivity contribution in [3.8, 4) is 5.95 Å². The van der Waals surface area contributed by atoms with Gasteiger partial charge in [0.1, 0.15) is 12.1 Å². The van der Waals surface area contributed by atoms with Crippen LogP contribution in [0.5, 0.6) is 0 Å². The monoisotopic (exact) mass is 251 g/mol. The van der Waals surface area contributed by atoms with Crippen molar-refractivity contribution in [2.75, 3.05) is 5.32 Å². The van der Waals surface area contributed by atoms with E-state index in [4.69, 9.17) is 0 Å². The molecule has 0 saturated heterocycles. The van der Waals surface area contributed by atoms with Crippen LogP contribution in [-0.4, -0.2) is 19.5 Å². The molecule has 0 saturated carbocycles. The van der Waals surface area contributed by atoms with Crippen LogP contribution in [0.15, 0.2) is 61.3 Å². The first kappa shape index (κ1) is 11.4. The van der Waals surface area contributed by atoms with Crippen LogP contribution in [-0.2, 0) is 6.54 Å². The summed E-state index contributed by atoms with van der Waals surface area (Å²) in [5.41, 5.74) is 1.21. The zero-order valence-corrected chi connectivity index (χ0v) is 10.3. The lowest BCUT2D eigenvalue weighted by molar-refractivity contribution is 0.921. The molecule has 0 aliphatic rings. The first-order valence-corrected chi connectivity index (χ1v) is 6.01. The molecule has 3 rings (SSSR count). The van der Waals surface area contributed by atoms with Gasteiger partial charge < -0.3 is 5.32 Å². The quantitative estimate of drug-likeness (QED) is 0.773. The topological polar surface area (TPSA) is 55.6 Å². The number of rotatable bonds is 4. The summed E-state index contributed by atoms with van der Waals surface area (Å²) in [6, 6.07) is 12.0. The van der Waals surface area contributed by atoms with Gasteiger partial charge in [0.25, 0.3) is 0 Å². The van der Waals surface area contributed by atoms with Gasteiger partial charge in [-0.25, -0.2) is 9.97 Å². The molecule has 0 amide bonds. The Labute approximate surface area is 111 Å². The average molecular weight is 251 g/mol. The predicted molar refractivity (Wildman–Crippen MR) is 72.9 cm³/mol. The summed E-state index contributed by atoms with van der Waals surface area (Å²) < 4.78 is 1.77. The number of anilines is 1. The normalized spacial score (nSPS) is 10.3. The minimum atomic E-state index is 0.607. The molecule has 94 valence electrons. The lowest BCUT2D eigenvalue weighted by Gasteiger charge is -2.07. The minimum Gasteiger partial charge on any atom is -0.366 e. The molecule has 0 fully saturated rings. The van der Waals surface area contributed by atoms with Gasteiger partial charge in [0.05, 0.1) is 0 Å². The third-order valence-electron chi connectivity index (χ3n) is 2.69. The fraction of sp³-hybridized carbons (Fsp3) is 0.0714. The van der Waals surface area contributed by atoms with Crippen LogP contribution in [0.4, 0.5) is 5.82 Å². The summed E-state index contributed by atoms with van der Waals surface area (Å²) >= 11 is 0. The molecule has 2 heterocycles. The smallest absolute Gasteiger partial charge is 0.236 e. The van der Waals surface area contributed by atoms with Gasteiger partial charge in [0, 0.05) is 25.1 Å². The van der Waals surface area contributed by atoms with Gasteiger partial charge in [-0.05, 0) is 11.6 Å². The molecule has 5 nitrogen and oxygen atoms in total. The van der Waals surface area contributed by atoms with Crippen LogP contribution >= 0.6 is 0 Å². The number of aromatic nitrogens is 4. The lowest BCUT2D eigenvalue weighted by atomic mass is 10.2. The van der Waals surface area contributed by atoms with E-state index in [0.29, 0.717) is 5.95 Å². The molecular formula is C14H13N5. The maximum atomic E-state index is 4.43. The van der Waals surface area contributed by atoms with Gasteiger partial charge in [-0.3, -0.25) is 4.57 Å². The van der Waals surface area contributed by atoms with E-state index in [1.807, 2.05) is 30.5 Å². The van der Waals surface area contributed by atoms with Gasteiger partial charge in [-0.1, -0.05) is 30.3 Å². The Bertz CT molecular complexity index is 634. The number of hydrogen-bond acceptors (Lipinski definition) is 4. The van der Waals surface area contributed by atoms with E-state index < -0.39 is 0 Å². The first-order chi connectivity index (χ1) is 9.42. The Morgan fingerprint density at radius 1 is 1.05 bits per heavy atom. The van der Waals surface area contributed by atoms with Crippen LogP contribution in [0.2, 0.25) is 0 Å². The Kier molecular flexibility index (Phi) is 3.18. The average Bonchev–Trinajstić information content (AvgIpc) is 3.01. The fourth-order valence-electron chi connectivity index (χ4n) is 1.74. The van der Waals surface area contributed by atoms with E-state index in [1.54, 1.807) is 23.3 Å². The third kappa shape index (κ3) is 2.77. The predicted octanol–water partition coefficient (Wildman–Crippen LogP) is 2.27. The molecule has 5 heteroatoms. The second kappa shape index (κ2) is 5.30. The van der Waals surface area contributed by atoms with Crippen LogP contribution < -0.4 is 5.32 Å². The highest BCUT2D eigenvalue weighted by Crippen LogP contribution is 2.08. The van der Waals surface area contributed by atoms with Crippen molar-refractivity contribution in [2.45, 2.75) is 6.54 Å². The summed E-state index contributed by atoms with van der Waals surface area (Å²) in [6.07, 6.45) is 6.93. The fourth-order valence-corrected chi connectivity index (χ4v) is 1.74. The summed E-state index contributed by atoms with van der Waals surface area (Å²) in [5.74, 6) is 1.40. The molecule has 2 aromatic heterocycles. The van der Waals surface area contributed by atoms with Crippen molar-refractivity contribution >= 4 is 5.82 Å². The highest BCUT2D eigenvalue weighted by molar-refractivity contribution is 5.36. The van der Waals surface area contributed by atoms with Crippen molar-refractivity contribution in [1.82, 2.24) is 19.5 Å². The highest BCUT2D eigenvalue weighted by Gasteiger charge is 2.00. The van der Waals surface area contributed by atoms with E-state index in [1.165, 1.54) is 5.56 Å². The zero-order valence-electron chi connectivity index (χ0n) is 10.3. The van der Waals surface area contributed by atoms with Crippen LogP contribution in [0.25, 0.3) is 5.95 Å². The van der Waals surface area contributed by atoms with Gasteiger partial charge in [-0.2, -0.15) is 4.98 Å². The van der Waals surface area contributed by atoms with E-state index in [-0.39, 0.29) is 0 Å². The summed E-state index contributed by atoms with van der Waals surface area (Å²) in [7, 11) is 0. The van der Waals surface area contributed by atoms with Gasteiger partial charge in [0.15, 0.2) is 0 Å². The van der Waals surface area contributed by atoms with Crippen molar-refractivity contribution < 1.29 is 0 Å². The number of nitrogens with one attached hydrogen (secondary N) is 1. The second-order valence-corrected chi connectivity index (χ2v) is 4.05. The first-order valence-electron chi connectivity index (χ1n) is 6.01. The van der Waals surface area contributed by atoms with E-state index >= 15 is 0 Å². The van der Waals surface area contributed by atoms with Gasteiger partial charge in [-0.15, -0.1) is 0 Å². The highest BCUT2D eigenvalue weighted by atomic mass is 15.2. The molecule has 1 N–H and O–H groups in total. The van der Waals surface area contributed by atoms with Crippen LogP contribution in [0.3, 0.4) is 0 Å². The maximum Gasteiger partial charge on any atom is 0.236 e. The Morgan fingerprint density at radius 2 is 1.95 bits per heavy atom. The second-order valence-electron chi connectivity index (χ2n) is 4.05.